The molecule has 0 amide bonds. The third-order valence-corrected chi connectivity index (χ3v) is 4.25. The molecule has 1 aromatic carbocycles. The zero-order valence-electron chi connectivity index (χ0n) is 12.9. The van der Waals surface area contributed by atoms with Gasteiger partial charge in [-0.1, -0.05) is 0 Å². The number of aromatic nitrogens is 3. The maximum Gasteiger partial charge on any atom is 0.335 e. The second-order valence-corrected chi connectivity index (χ2v) is 5.92. The van der Waals surface area contributed by atoms with Gasteiger partial charge in [0.1, 0.15) is 11.5 Å². The summed E-state index contributed by atoms with van der Waals surface area (Å²) in [5.41, 5.74) is 1.74. The molecular formula is C17H17N5O2. The van der Waals surface area contributed by atoms with Gasteiger partial charge < -0.3 is 20.7 Å². The number of nitrogens with zero attached hydrogens (tertiary/aromatic N) is 2. The highest BCUT2D eigenvalue weighted by molar-refractivity contribution is 5.89. The van der Waals surface area contributed by atoms with E-state index >= 15 is 0 Å². The van der Waals surface area contributed by atoms with Gasteiger partial charge in [0, 0.05) is 17.9 Å². The zero-order chi connectivity index (χ0) is 16.5. The van der Waals surface area contributed by atoms with E-state index in [0.29, 0.717) is 12.0 Å². The first-order valence-electron chi connectivity index (χ1n) is 7.91. The van der Waals surface area contributed by atoms with Crippen molar-refractivity contribution in [2.24, 2.45) is 0 Å². The van der Waals surface area contributed by atoms with Crippen LogP contribution in [0, 0.1) is 0 Å². The molecule has 0 spiro atoms. The van der Waals surface area contributed by atoms with Crippen molar-refractivity contribution in [2.45, 2.75) is 25.3 Å². The van der Waals surface area contributed by atoms with Crippen LogP contribution in [0.3, 0.4) is 0 Å². The first kappa shape index (κ1) is 14.5. The van der Waals surface area contributed by atoms with E-state index in [2.05, 4.69) is 25.6 Å². The Morgan fingerprint density at radius 2 is 1.96 bits per heavy atom. The van der Waals surface area contributed by atoms with Gasteiger partial charge in [-0.05, 0) is 49.6 Å². The monoisotopic (exact) mass is 323 g/mol. The Morgan fingerprint density at radius 3 is 2.62 bits per heavy atom. The summed E-state index contributed by atoms with van der Waals surface area (Å²) in [5, 5.41) is 16.5. The highest BCUT2D eigenvalue weighted by Gasteiger charge is 2.19. The lowest BCUT2D eigenvalue weighted by Crippen LogP contribution is -2.27. The molecule has 1 saturated carbocycles. The number of aromatic amines is 1. The first-order valence-corrected chi connectivity index (χ1v) is 7.91. The van der Waals surface area contributed by atoms with Gasteiger partial charge in [0.25, 0.3) is 0 Å². The molecule has 0 radical (unpaired) electrons. The Morgan fingerprint density at radius 1 is 1.17 bits per heavy atom. The van der Waals surface area contributed by atoms with Crippen LogP contribution in [0.1, 0.15) is 29.6 Å². The van der Waals surface area contributed by atoms with Gasteiger partial charge in [-0.15, -0.1) is 0 Å². The lowest BCUT2D eigenvalue weighted by atomic mass is 9.93. The SMILES string of the molecule is O=C(O)c1ccc(Nc2nc(NC3CCC3)c3cc[nH]c3n2)cc1. The van der Waals surface area contributed by atoms with Crippen molar-refractivity contribution >= 4 is 34.5 Å². The topological polar surface area (TPSA) is 103 Å². The standard InChI is InChI=1S/C17H17N5O2/c23-16(24)10-4-6-12(7-5-10)20-17-21-14-13(8-9-18-14)15(22-17)19-11-2-1-3-11/h4-9,11H,1-3H2,(H,23,24)(H3,18,19,20,21,22). The van der Waals surface area contributed by atoms with Crippen molar-refractivity contribution in [1.29, 1.82) is 0 Å². The molecule has 0 unspecified atom stereocenters. The van der Waals surface area contributed by atoms with Gasteiger partial charge in [-0.3, -0.25) is 0 Å². The summed E-state index contributed by atoms with van der Waals surface area (Å²) in [7, 11) is 0. The Kier molecular flexibility index (Phi) is 3.53. The van der Waals surface area contributed by atoms with Crippen LogP contribution in [0.25, 0.3) is 11.0 Å². The number of carboxylic acids is 1. The summed E-state index contributed by atoms with van der Waals surface area (Å²) < 4.78 is 0. The summed E-state index contributed by atoms with van der Waals surface area (Å²) in [6, 6.07) is 8.93. The summed E-state index contributed by atoms with van der Waals surface area (Å²) in [6.45, 7) is 0. The molecule has 2 heterocycles. The van der Waals surface area contributed by atoms with Crippen LogP contribution in [-0.4, -0.2) is 32.1 Å². The lowest BCUT2D eigenvalue weighted by Gasteiger charge is -2.27. The number of carboxylic acid groups (broad SMARTS) is 1. The molecule has 0 aliphatic heterocycles. The van der Waals surface area contributed by atoms with E-state index in [1.54, 1.807) is 24.3 Å². The molecule has 7 heteroatoms. The fourth-order valence-corrected chi connectivity index (χ4v) is 2.68. The molecule has 0 atom stereocenters. The predicted octanol–water partition coefficient (Wildman–Crippen LogP) is 3.36. The van der Waals surface area contributed by atoms with Crippen molar-refractivity contribution in [3.8, 4) is 0 Å². The van der Waals surface area contributed by atoms with Crippen LogP contribution < -0.4 is 10.6 Å². The number of anilines is 3. The highest BCUT2D eigenvalue weighted by Crippen LogP contribution is 2.28. The van der Waals surface area contributed by atoms with Crippen LogP contribution in [-0.2, 0) is 0 Å². The zero-order valence-corrected chi connectivity index (χ0v) is 12.9. The number of nitrogens with one attached hydrogen (secondary N) is 3. The molecule has 7 nitrogen and oxygen atoms in total. The Balaban J connectivity index is 1.62. The smallest absolute Gasteiger partial charge is 0.335 e. The van der Waals surface area contributed by atoms with Crippen molar-refractivity contribution < 1.29 is 9.90 Å². The number of fused-ring (bicyclic) bond motifs is 1. The van der Waals surface area contributed by atoms with Crippen molar-refractivity contribution in [3.63, 3.8) is 0 Å². The molecule has 122 valence electrons. The van der Waals surface area contributed by atoms with Crippen molar-refractivity contribution in [2.75, 3.05) is 10.6 Å². The van der Waals surface area contributed by atoms with Crippen LogP contribution >= 0.6 is 0 Å². The van der Waals surface area contributed by atoms with E-state index in [9.17, 15) is 4.79 Å². The van der Waals surface area contributed by atoms with Gasteiger partial charge in [0.05, 0.1) is 10.9 Å². The molecule has 4 N–H and O–H groups in total. The maximum absolute atomic E-state index is 10.9. The minimum Gasteiger partial charge on any atom is -0.478 e. The molecule has 0 bridgehead atoms. The van der Waals surface area contributed by atoms with E-state index in [1.807, 2.05) is 12.3 Å². The van der Waals surface area contributed by atoms with Crippen LogP contribution in [0.5, 0.6) is 0 Å². The van der Waals surface area contributed by atoms with E-state index in [-0.39, 0.29) is 5.56 Å². The average molecular weight is 323 g/mol. The third kappa shape index (κ3) is 2.76. The number of aromatic carboxylic acids is 1. The minimum absolute atomic E-state index is 0.244. The molecule has 1 fully saturated rings. The number of hydrogen-bond donors (Lipinski definition) is 4. The number of hydrogen-bond acceptors (Lipinski definition) is 5. The summed E-state index contributed by atoms with van der Waals surface area (Å²) in [4.78, 5) is 23.1. The second-order valence-electron chi connectivity index (χ2n) is 5.92. The van der Waals surface area contributed by atoms with E-state index < -0.39 is 5.97 Å². The Labute approximate surface area is 138 Å². The van der Waals surface area contributed by atoms with E-state index in [4.69, 9.17) is 5.11 Å². The number of H-pyrrole nitrogens is 1. The van der Waals surface area contributed by atoms with Crippen molar-refractivity contribution in [3.05, 3.63) is 42.1 Å². The van der Waals surface area contributed by atoms with Crippen LogP contribution in [0.2, 0.25) is 0 Å². The van der Waals surface area contributed by atoms with Gasteiger partial charge in [-0.25, -0.2) is 4.79 Å². The lowest BCUT2D eigenvalue weighted by molar-refractivity contribution is 0.0697. The molecule has 24 heavy (non-hydrogen) atoms. The molecule has 4 rings (SSSR count). The van der Waals surface area contributed by atoms with Gasteiger partial charge >= 0.3 is 5.97 Å². The minimum atomic E-state index is -0.947. The third-order valence-electron chi connectivity index (χ3n) is 4.25. The second kappa shape index (κ2) is 5.84. The Hall–Kier alpha value is -3.09. The normalized spacial score (nSPS) is 14.3. The summed E-state index contributed by atoms with van der Waals surface area (Å²) in [6.07, 6.45) is 5.42. The van der Waals surface area contributed by atoms with Crippen LogP contribution in [0.15, 0.2) is 36.5 Å². The summed E-state index contributed by atoms with van der Waals surface area (Å²) >= 11 is 0. The van der Waals surface area contributed by atoms with Crippen LogP contribution in [0.4, 0.5) is 17.5 Å². The largest absolute Gasteiger partial charge is 0.478 e. The summed E-state index contributed by atoms with van der Waals surface area (Å²) in [5.74, 6) is 0.336. The average Bonchev–Trinajstić information content (AvgIpc) is 3.00. The fraction of sp³-hybridized carbons (Fsp3) is 0.235. The van der Waals surface area contributed by atoms with E-state index in [0.717, 1.165) is 35.4 Å². The maximum atomic E-state index is 10.9. The molecule has 0 saturated heterocycles. The van der Waals surface area contributed by atoms with Gasteiger partial charge in [-0.2, -0.15) is 9.97 Å². The predicted molar refractivity (Wildman–Crippen MR) is 91.8 cm³/mol. The highest BCUT2D eigenvalue weighted by atomic mass is 16.4. The number of benzene rings is 1. The van der Waals surface area contributed by atoms with E-state index in [1.165, 1.54) is 6.42 Å². The molecule has 1 aliphatic rings. The first-order chi connectivity index (χ1) is 11.7. The Bertz CT molecular complexity index is 884. The van der Waals surface area contributed by atoms with Gasteiger partial charge in [0.2, 0.25) is 5.95 Å². The van der Waals surface area contributed by atoms with Crippen molar-refractivity contribution in [1.82, 2.24) is 15.0 Å². The number of carbonyl (C=O) groups is 1. The molecule has 2 aromatic heterocycles. The molecule has 3 aromatic rings. The molecule has 1 aliphatic carbocycles. The van der Waals surface area contributed by atoms with Gasteiger partial charge in [0.15, 0.2) is 0 Å². The number of rotatable bonds is 5. The molecular weight excluding hydrogens is 306 g/mol. The quantitative estimate of drug-likeness (QED) is 0.574. The fourth-order valence-electron chi connectivity index (χ4n) is 2.68.